The van der Waals surface area contributed by atoms with Crippen LogP contribution in [0.4, 0.5) is 13.2 Å². The molecule has 4 aromatic rings. The first kappa shape index (κ1) is 96.7. The Labute approximate surface area is 670 Å². The zero-order chi connectivity index (χ0) is 77.5. The fourth-order valence-corrected chi connectivity index (χ4v) is 14.5. The molecule has 10 rings (SSSR count). The number of nitrogens with two attached hydrogens (primary N) is 1. The van der Waals surface area contributed by atoms with Crippen LogP contribution in [-0.2, 0) is 19.0 Å². The number of carbonyl (C=O) groups excluding carboxylic acids is 2. The summed E-state index contributed by atoms with van der Waals surface area (Å²) in [6.07, 6.45) is 32.5. The molecule has 0 spiro atoms. The van der Waals surface area contributed by atoms with E-state index in [9.17, 15) is 38.2 Å². The first-order valence-corrected chi connectivity index (χ1v) is 38.5. The molecule has 0 radical (unpaired) electrons. The zero-order valence-electron chi connectivity index (χ0n) is 68.1. The number of halogens is 4. The summed E-state index contributed by atoms with van der Waals surface area (Å²) in [7, 11) is 0. The maximum absolute atomic E-state index is 11.2. The topological polar surface area (TPSA) is 152 Å². The Balaban J connectivity index is 0.000000654. The molecule has 6 aliphatic rings. The number of rotatable bonds is 15. The van der Waals surface area contributed by atoms with E-state index in [1.165, 1.54) is 154 Å². The van der Waals surface area contributed by atoms with Gasteiger partial charge in [-0.3, -0.25) is 4.79 Å². The molecule has 0 amide bonds. The molecule has 2 heterocycles. The average Bonchev–Trinajstić information content (AvgIpc) is 1.10. The molecule has 0 saturated carbocycles. The number of ether oxygens (including phenoxy) is 3. The minimum absolute atomic E-state index is 0. The van der Waals surface area contributed by atoms with E-state index in [4.69, 9.17) is 15.2 Å². The third-order valence-electron chi connectivity index (χ3n) is 20.7. The summed E-state index contributed by atoms with van der Waals surface area (Å²) in [4.78, 5) is 20.5. The van der Waals surface area contributed by atoms with Crippen LogP contribution in [0.25, 0.3) is 24.3 Å². The number of nitrogens with zero attached hydrogens (tertiary/aromatic N) is 1. The number of nitriles is 1. The molecule has 106 heavy (non-hydrogen) atoms. The van der Waals surface area contributed by atoms with Gasteiger partial charge in [0, 0.05) is 48.4 Å². The molecule has 2 saturated heterocycles. The van der Waals surface area contributed by atoms with Crippen molar-refractivity contribution in [2.45, 2.75) is 239 Å². The van der Waals surface area contributed by atoms with Gasteiger partial charge in [0.05, 0.1) is 30.3 Å². The maximum Gasteiger partial charge on any atom is 1.00 e. The van der Waals surface area contributed by atoms with Crippen molar-refractivity contribution in [3.63, 3.8) is 0 Å². The number of benzene rings is 4. The Morgan fingerprint density at radius 2 is 0.858 bits per heavy atom. The van der Waals surface area contributed by atoms with E-state index in [0.29, 0.717) is 12.0 Å². The molecule has 15 heteroatoms. The van der Waals surface area contributed by atoms with Crippen LogP contribution >= 0.6 is 15.9 Å². The number of esters is 1. The van der Waals surface area contributed by atoms with Crippen LogP contribution in [0.15, 0.2) is 170 Å². The van der Waals surface area contributed by atoms with Gasteiger partial charge in [0.2, 0.25) is 0 Å². The molecule has 4 N–H and O–H groups in total. The maximum atomic E-state index is 11.2. The van der Waals surface area contributed by atoms with Gasteiger partial charge in [-0.2, -0.15) is 18.4 Å². The van der Waals surface area contributed by atoms with Gasteiger partial charge in [-0.1, -0.05) is 223 Å². The minimum atomic E-state index is -4.85. The van der Waals surface area contributed by atoms with Crippen molar-refractivity contribution in [3.05, 3.63) is 209 Å². The standard InChI is InChI=1S/C22H33NO.C22H29NO.C18H22O.C17H21Br.C4H5F3O2.2C4H8O.Al.Li.4H/c2*1-16-8-7-13-21(2,3)19(16)12-11-17-9-6-10-18(14-17)20(24)22(4,5)15-23;1-14-6-5-11-18(2,3)17(14)10-9-15-7-4-8-16(12-15)13-19;1-13-6-5-11-17(2,3)16(13)10-9-14-7-4-8-15(18)12-14;1-2-9-3(8)4(5,6)7;2*1-2-4-5-3-1;;;;;;/h6,9-12,14,20,24H,7-8,13,15,23H2,1-5H3;6,9-12,14,20,24H,7-8,13H2,1-5H3;4,7-10,12-13H,5-6,11H2,1-3H3;4,7-10,12H,5-6,11H2,1-3H3;2H2,1H3;2*1-4H2;;;;;;/q;;;;;;;;+1;;;;-1/b2*12-11+;2*10-9+;;;;;;;;;. The van der Waals surface area contributed by atoms with E-state index in [1.54, 1.807) is 19.4 Å². The largest absolute Gasteiger partial charge is 1.00 e. The number of allylic oxidation sites excluding steroid dienone is 12. The first-order valence-electron chi connectivity index (χ1n) is 37.8. The number of hydrogen-bond donors (Lipinski definition) is 3. The molecular weight excluding hydrogens is 1400 g/mol. The van der Waals surface area contributed by atoms with E-state index in [0.717, 1.165) is 70.6 Å². The van der Waals surface area contributed by atoms with Crippen molar-refractivity contribution in [1.29, 1.82) is 5.26 Å². The second-order valence-electron chi connectivity index (χ2n) is 32.4. The van der Waals surface area contributed by atoms with Crippen molar-refractivity contribution >= 4 is 69.9 Å². The normalized spacial score (nSPS) is 18.8. The summed E-state index contributed by atoms with van der Waals surface area (Å²) in [5.41, 5.74) is 24.6. The Morgan fingerprint density at radius 1 is 0.547 bits per heavy atom. The second kappa shape index (κ2) is 46.3. The van der Waals surface area contributed by atoms with Crippen molar-refractivity contribution in [2.24, 2.45) is 38.2 Å². The Bertz CT molecular complexity index is 3680. The van der Waals surface area contributed by atoms with Crippen molar-refractivity contribution in [1.82, 2.24) is 0 Å². The molecule has 2 atom stereocenters. The number of carbonyl (C=O) groups is 2. The molecular formula is C91H130AlBrF3LiN2O7. The van der Waals surface area contributed by atoms with Crippen LogP contribution in [0.1, 0.15) is 278 Å². The van der Waals surface area contributed by atoms with Crippen molar-refractivity contribution < 1.29 is 67.5 Å². The summed E-state index contributed by atoms with van der Waals surface area (Å²) in [6, 6.07) is 34.4. The Morgan fingerprint density at radius 3 is 1.13 bits per heavy atom. The predicted molar refractivity (Wildman–Crippen MR) is 442 cm³/mol. The van der Waals surface area contributed by atoms with Gasteiger partial charge >= 0.3 is 31.0 Å². The van der Waals surface area contributed by atoms with Gasteiger partial charge in [-0.05, 0) is 259 Å². The number of aldehydes is 1. The van der Waals surface area contributed by atoms with Crippen LogP contribution in [0, 0.1) is 43.8 Å². The summed E-state index contributed by atoms with van der Waals surface area (Å²) >= 11 is 3.52. The van der Waals surface area contributed by atoms with Crippen LogP contribution in [0.2, 0.25) is 0 Å². The molecule has 2 unspecified atom stereocenters. The number of aliphatic hydroxyl groups is 2. The second-order valence-corrected chi connectivity index (χ2v) is 33.3. The summed E-state index contributed by atoms with van der Waals surface area (Å²) < 4.78 is 48.2. The van der Waals surface area contributed by atoms with E-state index < -0.39 is 29.8 Å². The smallest absolute Gasteiger partial charge is 1.00 e. The van der Waals surface area contributed by atoms with Crippen LogP contribution in [0.5, 0.6) is 0 Å². The molecule has 0 bridgehead atoms. The zero-order valence-corrected chi connectivity index (χ0v) is 68.7. The van der Waals surface area contributed by atoms with Crippen molar-refractivity contribution in [3.8, 4) is 6.07 Å². The van der Waals surface area contributed by atoms with E-state index in [1.807, 2.05) is 74.5 Å². The Kier molecular flexibility index (Phi) is 42.3. The van der Waals surface area contributed by atoms with Crippen LogP contribution < -0.4 is 24.6 Å². The van der Waals surface area contributed by atoms with Gasteiger partial charge < -0.3 is 31.6 Å². The van der Waals surface area contributed by atoms with E-state index in [2.05, 4.69) is 195 Å². The van der Waals surface area contributed by atoms with E-state index >= 15 is 0 Å². The molecule has 2 aliphatic heterocycles. The van der Waals surface area contributed by atoms with Gasteiger partial charge in [-0.15, -0.1) is 0 Å². The number of aliphatic hydroxyl groups excluding tert-OH is 2. The molecule has 9 nitrogen and oxygen atoms in total. The first-order chi connectivity index (χ1) is 48.8. The fraction of sp³-hybridized carbons (Fsp3) is 0.527. The van der Waals surface area contributed by atoms with Gasteiger partial charge in [-0.25, -0.2) is 4.79 Å². The van der Waals surface area contributed by atoms with Crippen LogP contribution in [-0.4, -0.2) is 85.6 Å². The molecule has 2 fully saturated rings. The molecule has 4 aliphatic carbocycles. The summed E-state index contributed by atoms with van der Waals surface area (Å²) in [6.45, 7) is 40.7. The monoisotopic (exact) mass is 1530 g/mol. The molecule has 578 valence electrons. The van der Waals surface area contributed by atoms with Gasteiger partial charge in [0.25, 0.3) is 0 Å². The van der Waals surface area contributed by atoms with Gasteiger partial charge in [0.1, 0.15) is 6.29 Å². The number of alkyl halides is 3. The minimum Gasteiger partial charge on any atom is -1.00 e. The third kappa shape index (κ3) is 32.7. The fourth-order valence-electron chi connectivity index (χ4n) is 14.0. The average molecular weight is 1530 g/mol. The third-order valence-corrected chi connectivity index (χ3v) is 21.2. The van der Waals surface area contributed by atoms with Crippen molar-refractivity contribution in [2.75, 3.05) is 39.6 Å². The molecule has 0 aromatic heterocycles. The Hall–Kier alpha value is -5.37. The van der Waals surface area contributed by atoms with E-state index in [-0.39, 0.29) is 65.9 Å². The molecule has 4 aromatic carbocycles. The quantitative estimate of drug-likeness (QED) is 0.0600. The van der Waals surface area contributed by atoms with Gasteiger partial charge in [0.15, 0.2) is 17.4 Å². The predicted octanol–water partition coefficient (Wildman–Crippen LogP) is 20.7. The van der Waals surface area contributed by atoms with Crippen LogP contribution in [0.3, 0.4) is 0 Å². The number of hydrogen-bond acceptors (Lipinski definition) is 9. The summed E-state index contributed by atoms with van der Waals surface area (Å²) in [5.74, 6) is -2.13. The summed E-state index contributed by atoms with van der Waals surface area (Å²) in [5, 5.41) is 30.3. The SMILES string of the molecule is C1CCOC1.C1CCOC1.CC1=C(/C=C/c2cccc(Br)c2)C(C)(C)CCC1.CC1=C(/C=C/c2cccc(C(O)C(C)(C)C#N)c2)C(C)(C)CCC1.CC1=C(/C=C/c2cccc(C(O)C(C)(C)CN)c2)C(C)(C)CCC1.CC1=C(/C=C/c2cccc(C=O)c2)C(C)(C)CCC1.CCOC(=O)C(F)(F)F.[AlH3].[H-].[Li+].